The van der Waals surface area contributed by atoms with Gasteiger partial charge in [0.05, 0.1) is 6.61 Å². The van der Waals surface area contributed by atoms with E-state index in [9.17, 15) is 4.21 Å². The van der Waals surface area contributed by atoms with Gasteiger partial charge in [-0.1, -0.05) is 56.3 Å². The summed E-state index contributed by atoms with van der Waals surface area (Å²) in [5.74, 6) is 0.872. The van der Waals surface area contributed by atoms with E-state index in [1.54, 1.807) is 0 Å². The highest BCUT2D eigenvalue weighted by molar-refractivity contribution is 7.79. The Bertz CT molecular complexity index is 570. The van der Waals surface area contributed by atoms with Crippen molar-refractivity contribution < 1.29 is 13.1 Å². The Morgan fingerprint density at radius 2 is 1.65 bits per heavy atom. The van der Waals surface area contributed by atoms with Gasteiger partial charge in [0.2, 0.25) is 0 Å². The second kappa shape index (κ2) is 11.9. The van der Waals surface area contributed by atoms with E-state index in [-0.39, 0.29) is 0 Å². The summed E-state index contributed by atoms with van der Waals surface area (Å²) in [6.45, 7) is 5.08. The fourth-order valence-corrected chi connectivity index (χ4v) is 2.34. The minimum Gasteiger partial charge on any atom is -0.489 e. The van der Waals surface area contributed by atoms with Crippen LogP contribution in [0.4, 0.5) is 0 Å². The fraction of sp³-hybridized carbons (Fsp3) is 0.368. The normalized spacial score (nSPS) is 11.3. The van der Waals surface area contributed by atoms with Gasteiger partial charge in [0, 0.05) is 6.26 Å². The molecule has 4 heteroatoms. The first-order valence-corrected chi connectivity index (χ1v) is 9.45. The van der Waals surface area contributed by atoms with E-state index in [2.05, 4.69) is 6.07 Å². The van der Waals surface area contributed by atoms with Gasteiger partial charge in [0.1, 0.15) is 12.4 Å². The van der Waals surface area contributed by atoms with E-state index in [1.165, 1.54) is 11.8 Å². The molecule has 0 aromatic heterocycles. The van der Waals surface area contributed by atoms with Gasteiger partial charge in [-0.05, 0) is 36.1 Å². The molecule has 0 amide bonds. The maximum atomic E-state index is 10.8. The molecule has 23 heavy (non-hydrogen) atoms. The molecule has 0 aliphatic heterocycles. The van der Waals surface area contributed by atoms with E-state index in [1.807, 2.05) is 62.4 Å². The summed E-state index contributed by atoms with van der Waals surface area (Å²) in [7, 11) is 0. The van der Waals surface area contributed by atoms with Crippen molar-refractivity contribution in [1.82, 2.24) is 0 Å². The smallest absolute Gasteiger partial charge is 0.152 e. The monoisotopic (exact) mass is 334 g/mol. The first kappa shape index (κ1) is 19.4. The number of rotatable bonds is 8. The lowest BCUT2D eigenvalue weighted by Gasteiger charge is -2.08. The number of aryl methyl sites for hydroxylation is 1. The molecule has 0 radical (unpaired) electrons. The van der Waals surface area contributed by atoms with E-state index in [0.717, 1.165) is 24.2 Å². The Labute approximate surface area is 142 Å². The lowest BCUT2D eigenvalue weighted by molar-refractivity contribution is 0.305. The van der Waals surface area contributed by atoms with Gasteiger partial charge < -0.3 is 4.74 Å². The third-order valence-electron chi connectivity index (χ3n) is 3.01. The summed E-state index contributed by atoms with van der Waals surface area (Å²) >= 11 is -1.18. The maximum absolute atomic E-state index is 10.8. The predicted molar refractivity (Wildman–Crippen MR) is 96.9 cm³/mol. The number of hydrogen-bond donors (Lipinski definition) is 0. The summed E-state index contributed by atoms with van der Waals surface area (Å²) in [5, 5.41) is 0. The van der Waals surface area contributed by atoms with E-state index < -0.39 is 11.1 Å². The Morgan fingerprint density at radius 3 is 2.35 bits per heavy atom. The Morgan fingerprint density at radius 1 is 0.957 bits per heavy atom. The molecule has 2 aromatic carbocycles. The first-order chi connectivity index (χ1) is 11.2. The van der Waals surface area contributed by atoms with Gasteiger partial charge in [0.25, 0.3) is 0 Å². The van der Waals surface area contributed by atoms with Crippen molar-refractivity contribution in [2.75, 3.05) is 12.9 Å². The minimum absolute atomic E-state index is 0.512. The molecule has 126 valence electrons. The lowest BCUT2D eigenvalue weighted by Crippen LogP contribution is -1.99. The molecule has 0 N–H and O–H groups in total. The quantitative estimate of drug-likeness (QED) is 0.665. The van der Waals surface area contributed by atoms with Crippen molar-refractivity contribution >= 4 is 11.1 Å². The van der Waals surface area contributed by atoms with Crippen LogP contribution in [0.5, 0.6) is 5.75 Å². The zero-order valence-electron chi connectivity index (χ0n) is 14.2. The summed E-state index contributed by atoms with van der Waals surface area (Å²) in [4.78, 5) is 0. The lowest BCUT2D eigenvalue weighted by atomic mass is 10.1. The van der Waals surface area contributed by atoms with Crippen LogP contribution in [-0.4, -0.2) is 17.1 Å². The third kappa shape index (κ3) is 8.53. The van der Waals surface area contributed by atoms with Gasteiger partial charge in [-0.15, -0.1) is 0 Å². The topological polar surface area (TPSA) is 35.5 Å². The molecule has 3 nitrogen and oxygen atoms in total. The van der Waals surface area contributed by atoms with Crippen LogP contribution in [0.2, 0.25) is 0 Å². The van der Waals surface area contributed by atoms with Crippen molar-refractivity contribution in [3.05, 3.63) is 65.7 Å². The molecule has 0 saturated heterocycles. The molecule has 1 unspecified atom stereocenters. The number of benzene rings is 2. The largest absolute Gasteiger partial charge is 0.489 e. The van der Waals surface area contributed by atoms with Crippen molar-refractivity contribution in [2.24, 2.45) is 0 Å². The van der Waals surface area contributed by atoms with Crippen molar-refractivity contribution in [3.63, 3.8) is 0 Å². The Kier molecular flexibility index (Phi) is 10.00. The minimum atomic E-state index is -1.18. The highest BCUT2D eigenvalue weighted by atomic mass is 32.2. The summed E-state index contributed by atoms with van der Waals surface area (Å²) in [6.07, 6.45) is 3.28. The predicted octanol–water partition coefficient (Wildman–Crippen LogP) is 4.53. The molecular formula is C19H26O3S. The molecule has 1 atom stereocenters. The van der Waals surface area contributed by atoms with Crippen LogP contribution in [0.3, 0.4) is 0 Å². The van der Waals surface area contributed by atoms with Crippen LogP contribution in [0.1, 0.15) is 31.4 Å². The van der Waals surface area contributed by atoms with Gasteiger partial charge in [-0.3, -0.25) is 4.18 Å². The fourth-order valence-electron chi connectivity index (χ4n) is 1.98. The van der Waals surface area contributed by atoms with Crippen molar-refractivity contribution in [3.8, 4) is 5.75 Å². The van der Waals surface area contributed by atoms with Gasteiger partial charge in [0.15, 0.2) is 11.1 Å². The molecule has 0 bridgehead atoms. The molecule has 2 rings (SSSR count). The molecule has 0 heterocycles. The average molecular weight is 334 g/mol. The summed E-state index contributed by atoms with van der Waals surface area (Å²) in [5.41, 5.74) is 2.35. The van der Waals surface area contributed by atoms with Crippen LogP contribution in [0, 0.1) is 0 Å². The van der Waals surface area contributed by atoms with Gasteiger partial charge in [-0.25, -0.2) is 4.21 Å². The highest BCUT2D eigenvalue weighted by Gasteiger charge is 1.99. The van der Waals surface area contributed by atoms with Crippen LogP contribution >= 0.6 is 0 Å². The van der Waals surface area contributed by atoms with Crippen molar-refractivity contribution in [2.45, 2.75) is 33.3 Å². The summed E-state index contributed by atoms with van der Waals surface area (Å²) in [6, 6.07) is 18.2. The van der Waals surface area contributed by atoms with Crippen LogP contribution in [0.25, 0.3) is 0 Å². The average Bonchev–Trinajstić information content (AvgIpc) is 2.60. The van der Waals surface area contributed by atoms with Gasteiger partial charge >= 0.3 is 0 Å². The molecule has 0 spiro atoms. The molecule has 0 fully saturated rings. The second-order valence-corrected chi connectivity index (χ2v) is 5.79. The highest BCUT2D eigenvalue weighted by Crippen LogP contribution is 2.16. The standard InChI is InChI=1S/C17H20O3S.C2H6/c1-21(18)20-12-6-10-15-9-5-11-17(13-15)19-14-16-7-3-2-4-8-16;1-2/h2-5,7-9,11,13H,6,10,12,14H2,1H3;1-2H3. The SMILES string of the molecule is CC.CS(=O)OCCCc1cccc(OCc2ccccc2)c1. The van der Waals surface area contributed by atoms with E-state index >= 15 is 0 Å². The van der Waals surface area contributed by atoms with E-state index in [4.69, 9.17) is 8.92 Å². The Hall–Kier alpha value is -1.65. The molecule has 0 aliphatic rings. The number of ether oxygens (including phenoxy) is 1. The Balaban J connectivity index is 0.00000127. The third-order valence-corrected chi connectivity index (χ3v) is 3.50. The number of hydrogen-bond acceptors (Lipinski definition) is 3. The molecular weight excluding hydrogens is 308 g/mol. The first-order valence-electron chi connectivity index (χ1n) is 7.96. The molecule has 2 aromatic rings. The van der Waals surface area contributed by atoms with Crippen LogP contribution in [0.15, 0.2) is 54.6 Å². The van der Waals surface area contributed by atoms with Crippen LogP contribution in [-0.2, 0) is 28.3 Å². The summed E-state index contributed by atoms with van der Waals surface area (Å²) < 4.78 is 21.6. The molecule has 0 aliphatic carbocycles. The van der Waals surface area contributed by atoms with E-state index in [0.29, 0.717) is 13.2 Å². The van der Waals surface area contributed by atoms with Gasteiger partial charge in [-0.2, -0.15) is 0 Å². The second-order valence-electron chi connectivity index (χ2n) is 4.75. The van der Waals surface area contributed by atoms with Crippen LogP contribution < -0.4 is 4.74 Å². The zero-order chi connectivity index (χ0) is 16.9. The zero-order valence-corrected chi connectivity index (χ0v) is 15.0. The molecule has 0 saturated carbocycles. The van der Waals surface area contributed by atoms with Crippen molar-refractivity contribution in [1.29, 1.82) is 0 Å². The maximum Gasteiger partial charge on any atom is 0.152 e.